The molecular weight excluding hydrogens is 358 g/mol. The molecule has 0 bridgehead atoms. The zero-order valence-electron chi connectivity index (χ0n) is 15.9. The molecule has 146 valence electrons. The monoisotopic (exact) mass is 381 g/mol. The molecule has 0 radical (unpaired) electrons. The first-order valence-electron chi connectivity index (χ1n) is 9.26. The lowest BCUT2D eigenvalue weighted by molar-refractivity contribution is -0.0177. The number of anilines is 2. The Balaban J connectivity index is 1.57. The Kier molecular flexibility index (Phi) is 4.87. The number of aromatic nitrogens is 3. The Morgan fingerprint density at radius 2 is 2.25 bits per heavy atom. The molecule has 3 N–H and O–H groups in total. The van der Waals surface area contributed by atoms with Crippen molar-refractivity contribution in [3.8, 4) is 5.88 Å². The van der Waals surface area contributed by atoms with Gasteiger partial charge < -0.3 is 20.5 Å². The topological polar surface area (TPSA) is 104 Å². The molecule has 1 saturated heterocycles. The van der Waals surface area contributed by atoms with Gasteiger partial charge in [-0.15, -0.1) is 5.10 Å². The first-order valence-corrected chi connectivity index (χ1v) is 9.26. The minimum Gasteiger partial charge on any atom is -0.472 e. The maximum atomic E-state index is 12.4. The van der Waals surface area contributed by atoms with Crippen LogP contribution in [0, 0.1) is 5.92 Å². The number of pyridine rings is 1. The summed E-state index contributed by atoms with van der Waals surface area (Å²) in [5.41, 5.74) is 7.86. The molecule has 2 atom stereocenters. The first kappa shape index (κ1) is 18.2. The zero-order valence-corrected chi connectivity index (χ0v) is 15.9. The fourth-order valence-electron chi connectivity index (χ4n) is 3.37. The van der Waals surface area contributed by atoms with Crippen LogP contribution in [0.15, 0.2) is 36.5 Å². The third-order valence-corrected chi connectivity index (χ3v) is 4.95. The van der Waals surface area contributed by atoms with Gasteiger partial charge in [0, 0.05) is 31.3 Å². The summed E-state index contributed by atoms with van der Waals surface area (Å²) in [5.74, 6) is 0.559. The van der Waals surface area contributed by atoms with Gasteiger partial charge in [-0.05, 0) is 30.3 Å². The average molecular weight is 381 g/mol. The molecule has 8 nitrogen and oxygen atoms in total. The Morgan fingerprint density at radius 3 is 3.04 bits per heavy atom. The summed E-state index contributed by atoms with van der Waals surface area (Å²) in [6, 6.07) is 8.92. The fourth-order valence-corrected chi connectivity index (χ4v) is 3.37. The summed E-state index contributed by atoms with van der Waals surface area (Å²) in [7, 11) is 1.85. The van der Waals surface area contributed by atoms with Gasteiger partial charge in [-0.1, -0.05) is 6.92 Å². The maximum absolute atomic E-state index is 12.4. The average Bonchev–Trinajstić information content (AvgIpc) is 2.99. The second-order valence-corrected chi connectivity index (χ2v) is 7.05. The highest BCUT2D eigenvalue weighted by molar-refractivity contribution is 6.06. The highest BCUT2D eigenvalue weighted by Gasteiger charge is 2.25. The van der Waals surface area contributed by atoms with Crippen LogP contribution in [0.3, 0.4) is 0 Å². The van der Waals surface area contributed by atoms with E-state index in [0.717, 1.165) is 17.3 Å². The molecule has 2 aromatic heterocycles. The lowest BCUT2D eigenvalue weighted by Crippen LogP contribution is -2.34. The lowest BCUT2D eigenvalue weighted by atomic mass is 10.0. The smallest absolute Gasteiger partial charge is 0.276 e. The molecule has 0 saturated carbocycles. The number of aryl methyl sites for hydroxylation is 1. The van der Waals surface area contributed by atoms with Crippen molar-refractivity contribution in [1.29, 1.82) is 0 Å². The van der Waals surface area contributed by atoms with E-state index in [1.807, 2.05) is 25.2 Å². The van der Waals surface area contributed by atoms with Gasteiger partial charge >= 0.3 is 0 Å². The van der Waals surface area contributed by atoms with Gasteiger partial charge in [0.1, 0.15) is 6.10 Å². The molecule has 28 heavy (non-hydrogen) atoms. The van der Waals surface area contributed by atoms with Gasteiger partial charge in [-0.25, -0.2) is 4.98 Å². The number of carbonyl (C=O) groups is 1. The summed E-state index contributed by atoms with van der Waals surface area (Å²) in [5, 5.41) is 8.26. The number of nitrogens with zero attached hydrogens (tertiary/aromatic N) is 3. The van der Waals surface area contributed by atoms with Crippen LogP contribution in [0.2, 0.25) is 0 Å². The van der Waals surface area contributed by atoms with E-state index in [2.05, 4.69) is 22.3 Å². The number of nitrogen functional groups attached to an aromatic ring is 1. The van der Waals surface area contributed by atoms with Gasteiger partial charge in [0.2, 0.25) is 5.88 Å². The van der Waals surface area contributed by atoms with Crippen molar-refractivity contribution < 1.29 is 14.3 Å². The second kappa shape index (κ2) is 7.47. The number of rotatable bonds is 4. The third-order valence-electron chi connectivity index (χ3n) is 4.95. The normalized spacial score (nSPS) is 19.5. The molecule has 1 aliphatic heterocycles. The zero-order chi connectivity index (χ0) is 19.7. The van der Waals surface area contributed by atoms with E-state index in [-0.39, 0.29) is 17.7 Å². The number of amides is 1. The number of nitrogens with one attached hydrogen (secondary N) is 1. The molecule has 0 spiro atoms. The predicted octanol–water partition coefficient (Wildman–Crippen LogP) is 2.61. The van der Waals surface area contributed by atoms with E-state index < -0.39 is 0 Å². The van der Waals surface area contributed by atoms with E-state index in [1.165, 1.54) is 6.20 Å². The molecule has 1 aromatic carbocycles. The number of ether oxygens (including phenoxy) is 2. The van der Waals surface area contributed by atoms with Gasteiger partial charge in [0.15, 0.2) is 5.69 Å². The number of hydrogen-bond acceptors (Lipinski definition) is 6. The number of benzene rings is 1. The van der Waals surface area contributed by atoms with E-state index in [9.17, 15) is 4.79 Å². The summed E-state index contributed by atoms with van der Waals surface area (Å²) in [6.45, 7) is 3.51. The minimum atomic E-state index is -0.355. The van der Waals surface area contributed by atoms with Gasteiger partial charge in [0.05, 0.1) is 29.8 Å². The lowest BCUT2D eigenvalue weighted by Gasteiger charge is -2.28. The number of nitrogens with two attached hydrogens (primary N) is 1. The molecule has 3 aromatic rings. The van der Waals surface area contributed by atoms with Crippen molar-refractivity contribution in [3.05, 3.63) is 42.2 Å². The van der Waals surface area contributed by atoms with E-state index in [1.54, 1.807) is 16.8 Å². The highest BCUT2D eigenvalue weighted by atomic mass is 16.5. The molecule has 1 fully saturated rings. The molecule has 1 amide bonds. The van der Waals surface area contributed by atoms with E-state index >= 15 is 0 Å². The van der Waals surface area contributed by atoms with Crippen LogP contribution in [0.25, 0.3) is 10.9 Å². The van der Waals surface area contributed by atoms with Gasteiger partial charge in [0.25, 0.3) is 5.91 Å². The summed E-state index contributed by atoms with van der Waals surface area (Å²) in [4.78, 5) is 16.5. The summed E-state index contributed by atoms with van der Waals surface area (Å²) >= 11 is 0. The fraction of sp³-hybridized carbons (Fsp3) is 0.350. The molecule has 0 aliphatic carbocycles. The van der Waals surface area contributed by atoms with Crippen molar-refractivity contribution in [3.63, 3.8) is 0 Å². The first-order chi connectivity index (χ1) is 13.5. The largest absolute Gasteiger partial charge is 0.472 e. The Labute approximate surface area is 162 Å². The SMILES string of the molecule is CC1COCCC1Oc1nn(C)c2cc(NC(=O)c3ncccc3N)ccc12. The summed E-state index contributed by atoms with van der Waals surface area (Å²) in [6.07, 6.45) is 2.47. The van der Waals surface area contributed by atoms with Crippen molar-refractivity contribution in [2.45, 2.75) is 19.4 Å². The number of fused-ring (bicyclic) bond motifs is 1. The van der Waals surface area contributed by atoms with Crippen molar-refractivity contribution in [2.24, 2.45) is 13.0 Å². The summed E-state index contributed by atoms with van der Waals surface area (Å²) < 4.78 is 13.4. The van der Waals surface area contributed by atoms with Gasteiger partial charge in [-0.3, -0.25) is 9.48 Å². The number of carbonyl (C=O) groups excluding carboxylic acids is 1. The standard InChI is InChI=1S/C20H23N5O3/c1-12-11-27-9-7-17(12)28-20-14-6-5-13(10-16(14)25(2)24-20)23-19(26)18-15(21)4-3-8-22-18/h3-6,8,10,12,17H,7,9,11,21H2,1-2H3,(H,23,26). The van der Waals surface area contributed by atoms with Crippen LogP contribution in [-0.2, 0) is 11.8 Å². The van der Waals surface area contributed by atoms with Crippen LogP contribution in [0.1, 0.15) is 23.8 Å². The van der Waals surface area contributed by atoms with Crippen molar-refractivity contribution in [2.75, 3.05) is 24.3 Å². The molecule has 4 rings (SSSR count). The molecule has 3 heterocycles. The van der Waals surface area contributed by atoms with Crippen molar-refractivity contribution in [1.82, 2.24) is 14.8 Å². The second-order valence-electron chi connectivity index (χ2n) is 7.05. The van der Waals surface area contributed by atoms with Crippen LogP contribution in [0.5, 0.6) is 5.88 Å². The van der Waals surface area contributed by atoms with Crippen LogP contribution in [-0.4, -0.2) is 40.0 Å². The molecule has 2 unspecified atom stereocenters. The van der Waals surface area contributed by atoms with Crippen LogP contribution >= 0.6 is 0 Å². The van der Waals surface area contributed by atoms with Crippen LogP contribution < -0.4 is 15.8 Å². The maximum Gasteiger partial charge on any atom is 0.276 e. The molecule has 1 aliphatic rings. The predicted molar refractivity (Wildman–Crippen MR) is 106 cm³/mol. The van der Waals surface area contributed by atoms with Crippen LogP contribution in [0.4, 0.5) is 11.4 Å². The van der Waals surface area contributed by atoms with Gasteiger partial charge in [-0.2, -0.15) is 0 Å². The molecule has 8 heteroatoms. The van der Waals surface area contributed by atoms with Crippen molar-refractivity contribution >= 4 is 28.2 Å². The quantitative estimate of drug-likeness (QED) is 0.720. The molecular formula is C20H23N5O3. The number of hydrogen-bond donors (Lipinski definition) is 2. The van der Waals surface area contributed by atoms with E-state index in [0.29, 0.717) is 36.4 Å². The minimum absolute atomic E-state index is 0.0818. The van der Waals surface area contributed by atoms with E-state index in [4.69, 9.17) is 15.2 Å². The third kappa shape index (κ3) is 3.50. The Hall–Kier alpha value is -3.13. The Bertz CT molecular complexity index is 1020. The highest BCUT2D eigenvalue weighted by Crippen LogP contribution is 2.30. The Morgan fingerprint density at radius 1 is 1.39 bits per heavy atom.